The molecule has 0 bridgehead atoms. The van der Waals surface area contributed by atoms with Gasteiger partial charge >= 0.3 is 68.7 Å². The number of nitrogens with one attached hydrogen (secondary N) is 1. The number of hydrogen-bond donors (Lipinski definition) is 1. The van der Waals surface area contributed by atoms with Gasteiger partial charge in [0.25, 0.3) is 0 Å². The molecule has 0 amide bonds. The van der Waals surface area contributed by atoms with Crippen LogP contribution in [0.2, 0.25) is 0 Å². The zero-order chi connectivity index (χ0) is 8.32. The summed E-state index contributed by atoms with van der Waals surface area (Å²) in [5.74, 6) is 0. The van der Waals surface area contributed by atoms with Gasteiger partial charge in [0.2, 0.25) is 0 Å². The molecule has 12 heavy (non-hydrogen) atoms. The second-order valence-electron chi connectivity index (χ2n) is 3.46. The molecular formula is C7H20ClN2OP. The summed E-state index contributed by atoms with van der Waals surface area (Å²) in [4.78, 5) is 2.22. The first kappa shape index (κ1) is 12.6. The van der Waals surface area contributed by atoms with E-state index in [0.717, 1.165) is 0 Å². The Hall–Kier alpha value is 0.600. The van der Waals surface area contributed by atoms with Crippen LogP contribution in [0.15, 0.2) is 0 Å². The van der Waals surface area contributed by atoms with Crippen molar-refractivity contribution < 1.29 is 4.62 Å². The van der Waals surface area contributed by atoms with Gasteiger partial charge in [0.15, 0.2) is 0 Å². The van der Waals surface area contributed by atoms with E-state index in [0.29, 0.717) is 0 Å². The topological polar surface area (TPSA) is 37.7 Å². The van der Waals surface area contributed by atoms with E-state index < -0.39 is 7.64 Å². The van der Waals surface area contributed by atoms with Gasteiger partial charge in [-0.2, -0.15) is 0 Å². The third kappa shape index (κ3) is 4.01. The van der Waals surface area contributed by atoms with Crippen LogP contribution in [0.3, 0.4) is 0 Å². The molecule has 1 aliphatic heterocycles. The average Bonchev–Trinajstić information content (AvgIpc) is 2.69. The Morgan fingerprint density at radius 3 is 2.33 bits per heavy atom. The van der Waals surface area contributed by atoms with Crippen molar-refractivity contribution in [1.29, 1.82) is 0 Å². The molecule has 0 aromatic heterocycles. The minimum Gasteiger partial charge on any atom is -0.147 e. The quantitative estimate of drug-likeness (QED) is 0.557. The van der Waals surface area contributed by atoms with Gasteiger partial charge in [-0.15, -0.1) is 12.4 Å². The second-order valence-corrected chi connectivity index (χ2v) is 7.06. The molecule has 0 aromatic carbocycles. The van der Waals surface area contributed by atoms with E-state index in [-0.39, 0.29) is 12.4 Å². The van der Waals surface area contributed by atoms with Crippen molar-refractivity contribution in [3.63, 3.8) is 0 Å². The Kier molecular flexibility index (Phi) is 5.62. The minimum atomic E-state index is -1.27. The Morgan fingerprint density at radius 1 is 1.42 bits per heavy atom. The van der Waals surface area contributed by atoms with E-state index in [1.165, 1.54) is 25.3 Å². The fraction of sp³-hybridized carbons (Fsp3) is 1.00. The van der Waals surface area contributed by atoms with Crippen LogP contribution in [0.1, 0.15) is 13.3 Å². The molecule has 1 N–H and O–H groups in total. The van der Waals surface area contributed by atoms with E-state index in [1.54, 1.807) is 0 Å². The number of rotatable bonds is 5. The van der Waals surface area contributed by atoms with Crippen molar-refractivity contribution >= 4 is 20.0 Å². The van der Waals surface area contributed by atoms with Gasteiger partial charge in [0.1, 0.15) is 0 Å². The molecule has 1 fully saturated rings. The molecule has 1 saturated heterocycles. The van der Waals surface area contributed by atoms with Crippen molar-refractivity contribution in [2.24, 2.45) is 0 Å². The van der Waals surface area contributed by atoms with Crippen LogP contribution in [-0.4, -0.2) is 37.9 Å². The van der Waals surface area contributed by atoms with Gasteiger partial charge in [0.05, 0.1) is 0 Å². The smallest absolute Gasteiger partial charge is 0.147 e. The third-order valence-corrected chi connectivity index (χ3v) is 5.23. The molecule has 0 radical (unpaired) electrons. The Bertz CT molecular complexity index is 131. The molecule has 0 aromatic rings. The summed E-state index contributed by atoms with van der Waals surface area (Å²) in [6, 6.07) is 0. The molecule has 3 nitrogen and oxygen atoms in total. The van der Waals surface area contributed by atoms with E-state index in [1.807, 2.05) is 0 Å². The van der Waals surface area contributed by atoms with Crippen LogP contribution in [0, 0.1) is 0 Å². The maximum Gasteiger partial charge on any atom is -0.147 e. The van der Waals surface area contributed by atoms with E-state index in [9.17, 15) is 0 Å². The molecule has 1 heterocycles. The summed E-state index contributed by atoms with van der Waals surface area (Å²) in [7, 11) is 2.95. The largest absolute Gasteiger partial charge is 0.147 e. The Morgan fingerprint density at radius 2 is 2.00 bits per heavy atom. The molecule has 5 heteroatoms. The second kappa shape index (κ2) is 5.36. The van der Waals surface area contributed by atoms with Crippen molar-refractivity contribution in [3.8, 4) is 0 Å². The first-order valence-corrected chi connectivity index (χ1v) is 6.61. The minimum absolute atomic E-state index is 0. The molecule has 0 saturated carbocycles. The predicted molar refractivity (Wildman–Crippen MR) is 58.4 cm³/mol. The summed E-state index contributed by atoms with van der Waals surface area (Å²) in [5.41, 5.74) is 0. The van der Waals surface area contributed by atoms with Gasteiger partial charge in [-0.25, -0.2) is 0 Å². The summed E-state index contributed by atoms with van der Waals surface area (Å²) >= 11 is 0. The van der Waals surface area contributed by atoms with Gasteiger partial charge < -0.3 is 0 Å². The van der Waals surface area contributed by atoms with Crippen LogP contribution in [0.25, 0.3) is 0 Å². The SMILES string of the molecule is CC[PH]1(CCCN(C)C)NO1.Cl. The van der Waals surface area contributed by atoms with Crippen LogP contribution in [0.5, 0.6) is 0 Å². The van der Waals surface area contributed by atoms with E-state index in [4.69, 9.17) is 4.62 Å². The molecule has 0 aliphatic carbocycles. The molecule has 0 spiro atoms. The molecule has 76 valence electrons. The van der Waals surface area contributed by atoms with Crippen LogP contribution in [-0.2, 0) is 4.62 Å². The summed E-state index contributed by atoms with van der Waals surface area (Å²) in [6.45, 7) is 3.39. The van der Waals surface area contributed by atoms with Gasteiger partial charge in [0, 0.05) is 0 Å². The molecule has 1 aliphatic rings. The van der Waals surface area contributed by atoms with E-state index in [2.05, 4.69) is 31.2 Å². The normalized spacial score (nSPS) is 21.7. The van der Waals surface area contributed by atoms with Crippen molar-refractivity contribution in [2.45, 2.75) is 13.3 Å². The van der Waals surface area contributed by atoms with Crippen LogP contribution >= 0.6 is 20.0 Å². The van der Waals surface area contributed by atoms with Crippen molar-refractivity contribution in [1.82, 2.24) is 10.2 Å². The number of nitrogens with zero attached hydrogens (tertiary/aromatic N) is 1. The zero-order valence-corrected chi connectivity index (χ0v) is 9.91. The number of hydrogen-bond acceptors (Lipinski definition) is 3. The number of halogens is 1. The summed E-state index contributed by atoms with van der Waals surface area (Å²) in [5, 5.41) is 3.09. The van der Waals surface area contributed by atoms with Crippen molar-refractivity contribution in [3.05, 3.63) is 0 Å². The van der Waals surface area contributed by atoms with Crippen LogP contribution < -0.4 is 5.25 Å². The zero-order valence-electron chi connectivity index (χ0n) is 8.09. The fourth-order valence-electron chi connectivity index (χ4n) is 1.18. The standard InChI is InChI=1S/C7H19N2OP.ClH/c1-4-11(8-10-11)7-5-6-9(2)3;/h8,11H,4-7H2,1-3H3;1H. The van der Waals surface area contributed by atoms with Crippen molar-refractivity contribution in [2.75, 3.05) is 33.0 Å². The predicted octanol–water partition coefficient (Wildman–Crippen LogP) is 1.49. The Labute approximate surface area is 81.7 Å². The first-order chi connectivity index (χ1) is 5.18. The van der Waals surface area contributed by atoms with Gasteiger partial charge in [-0.1, -0.05) is 0 Å². The fourth-order valence-corrected chi connectivity index (χ4v) is 3.33. The molecular weight excluding hydrogens is 195 g/mol. The molecule has 0 unspecified atom stereocenters. The molecule has 0 atom stereocenters. The monoisotopic (exact) mass is 214 g/mol. The molecule has 1 rings (SSSR count). The third-order valence-electron chi connectivity index (χ3n) is 2.15. The maximum absolute atomic E-state index is 5.30. The maximum atomic E-state index is 5.30. The van der Waals surface area contributed by atoms with Gasteiger partial charge in [-0.3, -0.25) is 0 Å². The van der Waals surface area contributed by atoms with Crippen LogP contribution in [0.4, 0.5) is 0 Å². The van der Waals surface area contributed by atoms with Gasteiger partial charge in [-0.05, 0) is 0 Å². The first-order valence-electron chi connectivity index (χ1n) is 4.28. The summed E-state index contributed by atoms with van der Waals surface area (Å²) < 4.78 is 5.30. The Balaban J connectivity index is 0.00000121. The summed E-state index contributed by atoms with van der Waals surface area (Å²) in [6.07, 6.45) is 3.74. The average molecular weight is 215 g/mol. The van der Waals surface area contributed by atoms with E-state index >= 15 is 0 Å².